The van der Waals surface area contributed by atoms with Crippen molar-refractivity contribution in [3.63, 3.8) is 0 Å². The number of likely N-dealkylation sites (tertiary alicyclic amines) is 1. The lowest BCUT2D eigenvalue weighted by molar-refractivity contribution is -0.214. The van der Waals surface area contributed by atoms with Gasteiger partial charge in [-0.3, -0.25) is 0 Å². The second kappa shape index (κ2) is 5.82. The van der Waals surface area contributed by atoms with E-state index in [1.54, 1.807) is 19.4 Å². The number of alkyl halides is 3. The Labute approximate surface area is 125 Å². The standard InChI is InChI=1S/C13H18F3N3OS/c1-12(2)7-19(4-3-10(12)13(14,15)16)11(20)17-5-9-6-21-8-18-9/h6,8,10H,3-5,7H2,1-2H3,(H,17,20)/t10-/m1/s1. The zero-order valence-corrected chi connectivity index (χ0v) is 12.7. The molecule has 2 amide bonds. The van der Waals surface area contributed by atoms with Crippen LogP contribution in [-0.2, 0) is 6.54 Å². The number of carbonyl (C=O) groups excluding carboxylic acids is 1. The Kier molecular flexibility index (Phi) is 4.46. The number of nitrogens with zero attached hydrogens (tertiary/aromatic N) is 2. The number of thiazole rings is 1. The molecule has 0 aromatic carbocycles. The van der Waals surface area contributed by atoms with Gasteiger partial charge in [-0.05, 0) is 11.8 Å². The predicted molar refractivity (Wildman–Crippen MR) is 73.9 cm³/mol. The van der Waals surface area contributed by atoms with Crippen LogP contribution in [0, 0.1) is 11.3 Å². The van der Waals surface area contributed by atoms with Gasteiger partial charge in [0.05, 0.1) is 23.7 Å². The maximum atomic E-state index is 13.0. The maximum Gasteiger partial charge on any atom is 0.392 e. The molecule has 1 fully saturated rings. The Morgan fingerprint density at radius 1 is 1.57 bits per heavy atom. The van der Waals surface area contributed by atoms with Crippen molar-refractivity contribution in [1.29, 1.82) is 0 Å². The van der Waals surface area contributed by atoms with Crippen LogP contribution in [0.2, 0.25) is 0 Å². The Balaban J connectivity index is 1.93. The van der Waals surface area contributed by atoms with Gasteiger partial charge < -0.3 is 10.2 Å². The minimum atomic E-state index is -4.22. The number of piperidine rings is 1. The van der Waals surface area contributed by atoms with Crippen LogP contribution in [0.5, 0.6) is 0 Å². The highest BCUT2D eigenvalue weighted by Gasteiger charge is 2.51. The van der Waals surface area contributed by atoms with Gasteiger partial charge in [-0.2, -0.15) is 13.2 Å². The van der Waals surface area contributed by atoms with E-state index in [1.807, 2.05) is 5.38 Å². The fourth-order valence-corrected chi connectivity index (χ4v) is 3.30. The minimum Gasteiger partial charge on any atom is -0.332 e. The van der Waals surface area contributed by atoms with E-state index in [0.29, 0.717) is 6.54 Å². The van der Waals surface area contributed by atoms with Gasteiger partial charge in [0.25, 0.3) is 0 Å². The predicted octanol–water partition coefficient (Wildman–Crippen LogP) is 3.26. The molecule has 4 nitrogen and oxygen atoms in total. The molecule has 118 valence electrons. The van der Waals surface area contributed by atoms with Gasteiger partial charge in [0.15, 0.2) is 0 Å². The molecule has 8 heteroatoms. The molecule has 2 rings (SSSR count). The molecule has 1 atom stereocenters. The Morgan fingerprint density at radius 2 is 2.29 bits per heavy atom. The topological polar surface area (TPSA) is 45.2 Å². The summed E-state index contributed by atoms with van der Waals surface area (Å²) in [7, 11) is 0. The van der Waals surface area contributed by atoms with Crippen LogP contribution in [0.1, 0.15) is 26.0 Å². The maximum absolute atomic E-state index is 13.0. The summed E-state index contributed by atoms with van der Waals surface area (Å²) in [5.41, 5.74) is 1.44. The van der Waals surface area contributed by atoms with Crippen LogP contribution in [0.15, 0.2) is 10.9 Å². The van der Waals surface area contributed by atoms with Gasteiger partial charge in [0.1, 0.15) is 0 Å². The first-order chi connectivity index (χ1) is 9.70. The highest BCUT2D eigenvalue weighted by Crippen LogP contribution is 2.44. The molecular formula is C13H18F3N3OS. The number of hydrogen-bond acceptors (Lipinski definition) is 3. The Morgan fingerprint density at radius 3 is 2.81 bits per heavy atom. The summed E-state index contributed by atoms with van der Waals surface area (Å²) >= 11 is 1.43. The Bertz CT molecular complexity index is 487. The molecule has 2 heterocycles. The molecule has 1 aromatic heterocycles. The van der Waals surface area contributed by atoms with E-state index in [1.165, 1.54) is 16.2 Å². The lowest BCUT2D eigenvalue weighted by atomic mass is 9.73. The summed E-state index contributed by atoms with van der Waals surface area (Å²) in [5, 5.41) is 4.52. The van der Waals surface area contributed by atoms with Gasteiger partial charge in [-0.25, -0.2) is 9.78 Å². The number of hydrogen-bond donors (Lipinski definition) is 1. The average Bonchev–Trinajstić information content (AvgIpc) is 2.86. The second-order valence-electron chi connectivity index (χ2n) is 5.93. The lowest BCUT2D eigenvalue weighted by Gasteiger charge is -2.44. The fourth-order valence-electron chi connectivity index (χ4n) is 2.74. The molecule has 1 aliphatic rings. The van der Waals surface area contributed by atoms with Crippen molar-refractivity contribution in [2.75, 3.05) is 13.1 Å². The van der Waals surface area contributed by atoms with E-state index >= 15 is 0 Å². The molecule has 21 heavy (non-hydrogen) atoms. The van der Waals surface area contributed by atoms with Crippen molar-refractivity contribution < 1.29 is 18.0 Å². The minimum absolute atomic E-state index is 0.0549. The largest absolute Gasteiger partial charge is 0.392 e. The van der Waals surface area contributed by atoms with Crippen molar-refractivity contribution in [2.24, 2.45) is 11.3 Å². The molecule has 0 spiro atoms. The van der Waals surface area contributed by atoms with Gasteiger partial charge in [-0.15, -0.1) is 11.3 Å². The SMILES string of the molecule is CC1(C)CN(C(=O)NCc2cscn2)CC[C@H]1C(F)(F)F. The molecule has 1 N–H and O–H groups in total. The highest BCUT2D eigenvalue weighted by molar-refractivity contribution is 7.07. The number of aromatic nitrogens is 1. The van der Waals surface area contributed by atoms with Crippen molar-refractivity contribution in [3.05, 3.63) is 16.6 Å². The summed E-state index contributed by atoms with van der Waals surface area (Å²) < 4.78 is 38.9. The van der Waals surface area contributed by atoms with Crippen LogP contribution in [0.4, 0.5) is 18.0 Å². The summed E-state index contributed by atoms with van der Waals surface area (Å²) in [4.78, 5) is 17.5. The van der Waals surface area contributed by atoms with E-state index in [-0.39, 0.29) is 25.5 Å². The van der Waals surface area contributed by atoms with Crippen LogP contribution in [-0.4, -0.2) is 35.2 Å². The quantitative estimate of drug-likeness (QED) is 0.909. The first-order valence-corrected chi connectivity index (χ1v) is 7.61. The molecular weight excluding hydrogens is 303 g/mol. The number of urea groups is 1. The summed E-state index contributed by atoms with van der Waals surface area (Å²) in [6, 6.07) is -0.336. The van der Waals surface area contributed by atoms with Crippen molar-refractivity contribution in [3.8, 4) is 0 Å². The lowest BCUT2D eigenvalue weighted by Crippen LogP contribution is -2.54. The van der Waals surface area contributed by atoms with Crippen molar-refractivity contribution in [2.45, 2.75) is 33.0 Å². The highest BCUT2D eigenvalue weighted by atomic mass is 32.1. The van der Waals surface area contributed by atoms with E-state index in [4.69, 9.17) is 0 Å². The first-order valence-electron chi connectivity index (χ1n) is 6.67. The number of nitrogens with one attached hydrogen (secondary N) is 1. The molecule has 1 saturated heterocycles. The van der Waals surface area contributed by atoms with Gasteiger partial charge >= 0.3 is 12.2 Å². The number of amides is 2. The van der Waals surface area contributed by atoms with Crippen LogP contribution >= 0.6 is 11.3 Å². The summed E-state index contributed by atoms with van der Waals surface area (Å²) in [5.74, 6) is -1.37. The van der Waals surface area contributed by atoms with Crippen LogP contribution in [0.25, 0.3) is 0 Å². The second-order valence-corrected chi connectivity index (χ2v) is 6.65. The zero-order valence-electron chi connectivity index (χ0n) is 11.9. The van der Waals surface area contributed by atoms with Crippen molar-refractivity contribution in [1.82, 2.24) is 15.2 Å². The Hall–Kier alpha value is -1.31. The first kappa shape index (κ1) is 16.1. The molecule has 0 radical (unpaired) electrons. The molecule has 1 aromatic rings. The van der Waals surface area contributed by atoms with Gasteiger partial charge in [-0.1, -0.05) is 13.8 Å². The number of rotatable bonds is 2. The van der Waals surface area contributed by atoms with E-state index < -0.39 is 17.5 Å². The molecule has 0 saturated carbocycles. The normalized spacial score (nSPS) is 22.1. The van der Waals surface area contributed by atoms with Gasteiger partial charge in [0, 0.05) is 18.5 Å². The molecule has 1 aliphatic heterocycles. The van der Waals surface area contributed by atoms with Crippen LogP contribution < -0.4 is 5.32 Å². The van der Waals surface area contributed by atoms with E-state index in [2.05, 4.69) is 10.3 Å². The van der Waals surface area contributed by atoms with Crippen molar-refractivity contribution >= 4 is 17.4 Å². The summed E-state index contributed by atoms with van der Waals surface area (Å²) in [6.45, 7) is 3.63. The third-order valence-electron chi connectivity index (χ3n) is 3.82. The average molecular weight is 321 g/mol. The third-order valence-corrected chi connectivity index (χ3v) is 4.45. The van der Waals surface area contributed by atoms with Crippen LogP contribution in [0.3, 0.4) is 0 Å². The smallest absolute Gasteiger partial charge is 0.332 e. The number of halogens is 3. The van der Waals surface area contributed by atoms with Gasteiger partial charge in [0.2, 0.25) is 0 Å². The summed E-state index contributed by atoms with van der Waals surface area (Å²) in [6.07, 6.45) is -4.27. The van der Waals surface area contributed by atoms with E-state index in [0.717, 1.165) is 5.69 Å². The zero-order chi connectivity index (χ0) is 15.7. The third kappa shape index (κ3) is 3.87. The molecule has 0 bridgehead atoms. The monoisotopic (exact) mass is 321 g/mol. The number of carbonyl (C=O) groups is 1. The molecule has 0 unspecified atom stereocenters. The molecule has 0 aliphatic carbocycles. The van der Waals surface area contributed by atoms with E-state index in [9.17, 15) is 18.0 Å². The fraction of sp³-hybridized carbons (Fsp3) is 0.692.